The number of carbonyl (C=O) groups excluding carboxylic acids is 3. The Hall–Kier alpha value is -3.31. The quantitative estimate of drug-likeness (QED) is 0.569. The summed E-state index contributed by atoms with van der Waals surface area (Å²) in [4.78, 5) is 40.9. The molecule has 2 fully saturated rings. The minimum atomic E-state index is -1.70. The van der Waals surface area contributed by atoms with Crippen molar-refractivity contribution in [3.8, 4) is 0 Å². The van der Waals surface area contributed by atoms with Crippen molar-refractivity contribution in [3.05, 3.63) is 54.1 Å². The fourth-order valence-electron chi connectivity index (χ4n) is 3.79. The number of amides is 3. The van der Waals surface area contributed by atoms with Crippen LogP contribution in [0.5, 0.6) is 0 Å². The number of aliphatic hydroxyl groups excluding tert-OH is 1. The van der Waals surface area contributed by atoms with Crippen molar-refractivity contribution >= 4 is 34.8 Å². The maximum atomic E-state index is 13.1. The van der Waals surface area contributed by atoms with Gasteiger partial charge in [-0.25, -0.2) is 0 Å². The Labute approximate surface area is 190 Å². The predicted octanol–water partition coefficient (Wildman–Crippen LogP) is 0.240. The third kappa shape index (κ3) is 5.04. The minimum Gasteiger partial charge on any atom is -0.380 e. The first-order valence-electron chi connectivity index (χ1n) is 10.7. The van der Waals surface area contributed by atoms with E-state index in [-0.39, 0.29) is 25.7 Å². The van der Waals surface area contributed by atoms with Gasteiger partial charge in [0.25, 0.3) is 17.7 Å². The SMILES string of the molecule is NCc1ccc(NC(=O)[C@H](O)[C@H]2OCCN(c3cccc(N4CCOCC4=O)c3)C2=O)cc1. The van der Waals surface area contributed by atoms with Crippen molar-refractivity contribution in [2.45, 2.75) is 18.8 Å². The minimum absolute atomic E-state index is 0.0129. The van der Waals surface area contributed by atoms with Crippen molar-refractivity contribution in [1.82, 2.24) is 0 Å². The van der Waals surface area contributed by atoms with E-state index >= 15 is 0 Å². The lowest BCUT2D eigenvalue weighted by Gasteiger charge is -2.35. The number of nitrogens with two attached hydrogens (primary N) is 1. The molecule has 0 aromatic heterocycles. The van der Waals surface area contributed by atoms with Crippen LogP contribution in [0, 0.1) is 0 Å². The molecule has 2 saturated heterocycles. The number of hydrogen-bond acceptors (Lipinski definition) is 7. The molecular formula is C23H26N4O6. The number of benzene rings is 2. The molecule has 0 radical (unpaired) electrons. The number of hydrogen-bond donors (Lipinski definition) is 3. The number of rotatable bonds is 6. The van der Waals surface area contributed by atoms with Gasteiger partial charge in [-0.05, 0) is 35.9 Å². The van der Waals surface area contributed by atoms with Crippen LogP contribution in [-0.2, 0) is 30.4 Å². The molecule has 0 saturated carbocycles. The molecule has 10 heteroatoms. The summed E-state index contributed by atoms with van der Waals surface area (Å²) in [6.07, 6.45) is -3.05. The maximum absolute atomic E-state index is 13.1. The van der Waals surface area contributed by atoms with Crippen molar-refractivity contribution in [2.24, 2.45) is 5.73 Å². The van der Waals surface area contributed by atoms with Gasteiger partial charge < -0.3 is 35.4 Å². The van der Waals surface area contributed by atoms with Crippen molar-refractivity contribution < 1.29 is 29.0 Å². The molecule has 4 N–H and O–H groups in total. The van der Waals surface area contributed by atoms with Gasteiger partial charge in [-0.1, -0.05) is 18.2 Å². The highest BCUT2D eigenvalue weighted by Crippen LogP contribution is 2.26. The van der Waals surface area contributed by atoms with Crippen LogP contribution >= 0.6 is 0 Å². The first-order chi connectivity index (χ1) is 16.0. The molecule has 2 heterocycles. The lowest BCUT2D eigenvalue weighted by Crippen LogP contribution is -2.55. The van der Waals surface area contributed by atoms with Gasteiger partial charge in [0, 0.05) is 36.7 Å². The van der Waals surface area contributed by atoms with Crippen molar-refractivity contribution in [1.29, 1.82) is 0 Å². The topological polar surface area (TPSA) is 134 Å². The average molecular weight is 454 g/mol. The molecule has 0 aliphatic carbocycles. The Bertz CT molecular complexity index is 1030. The third-order valence-electron chi connectivity index (χ3n) is 5.57. The Balaban J connectivity index is 1.46. The highest BCUT2D eigenvalue weighted by atomic mass is 16.5. The molecular weight excluding hydrogens is 428 g/mol. The molecule has 174 valence electrons. The van der Waals surface area contributed by atoms with E-state index in [2.05, 4.69) is 5.32 Å². The first-order valence-corrected chi connectivity index (χ1v) is 10.7. The molecule has 0 unspecified atom stereocenters. The molecule has 10 nitrogen and oxygen atoms in total. The summed E-state index contributed by atoms with van der Waals surface area (Å²) >= 11 is 0. The summed E-state index contributed by atoms with van der Waals surface area (Å²) < 4.78 is 10.6. The van der Waals surface area contributed by atoms with Crippen LogP contribution < -0.4 is 20.9 Å². The Kier molecular flexibility index (Phi) is 6.99. The van der Waals surface area contributed by atoms with Gasteiger partial charge in [0.1, 0.15) is 6.61 Å². The molecule has 4 rings (SSSR count). The smallest absolute Gasteiger partial charge is 0.259 e. The van der Waals surface area contributed by atoms with Gasteiger partial charge in [0.05, 0.1) is 13.2 Å². The molecule has 0 spiro atoms. The zero-order chi connectivity index (χ0) is 23.4. The highest BCUT2D eigenvalue weighted by Gasteiger charge is 2.39. The second-order valence-electron chi connectivity index (χ2n) is 7.73. The van der Waals surface area contributed by atoms with E-state index in [0.29, 0.717) is 36.8 Å². The largest absolute Gasteiger partial charge is 0.380 e. The fourth-order valence-corrected chi connectivity index (χ4v) is 3.79. The van der Waals surface area contributed by atoms with Crippen LogP contribution in [0.1, 0.15) is 5.56 Å². The van der Waals surface area contributed by atoms with E-state index in [1.807, 2.05) is 0 Å². The summed E-state index contributed by atoms with van der Waals surface area (Å²) in [5.41, 5.74) is 8.14. The standard InChI is InChI=1S/C23H26N4O6/c24-13-15-4-6-16(7-5-15)25-22(30)20(29)21-23(31)27(9-11-33-21)18-3-1-2-17(12-18)26-8-10-32-14-19(26)28/h1-7,12,20-21,29H,8-11,13-14,24H2,(H,25,30)/t20-,21-/m1/s1. The lowest BCUT2D eigenvalue weighted by molar-refractivity contribution is -0.150. The number of nitrogens with zero attached hydrogens (tertiary/aromatic N) is 2. The fraction of sp³-hybridized carbons (Fsp3) is 0.348. The summed E-state index contributed by atoms with van der Waals surface area (Å²) in [6.45, 7) is 1.65. The molecule has 3 amide bonds. The monoisotopic (exact) mass is 454 g/mol. The van der Waals surface area contributed by atoms with Gasteiger partial charge in [0.2, 0.25) is 0 Å². The number of nitrogens with one attached hydrogen (secondary N) is 1. The van der Waals surface area contributed by atoms with E-state index in [9.17, 15) is 19.5 Å². The average Bonchev–Trinajstić information content (AvgIpc) is 2.84. The van der Waals surface area contributed by atoms with E-state index in [0.717, 1.165) is 5.56 Å². The van der Waals surface area contributed by atoms with Crippen LogP contribution in [0.25, 0.3) is 0 Å². The first kappa shape index (κ1) is 22.9. The molecule has 2 aliphatic heterocycles. The normalized spacial score (nSPS) is 20.0. The number of anilines is 3. The van der Waals surface area contributed by atoms with E-state index < -0.39 is 24.0 Å². The molecule has 2 aromatic rings. The van der Waals surface area contributed by atoms with E-state index in [4.69, 9.17) is 15.2 Å². The summed E-state index contributed by atoms with van der Waals surface area (Å²) in [5, 5.41) is 13.1. The second kappa shape index (κ2) is 10.1. The number of ether oxygens (including phenoxy) is 2. The molecule has 2 aliphatic rings. The van der Waals surface area contributed by atoms with Gasteiger partial charge in [-0.3, -0.25) is 14.4 Å². The third-order valence-corrected chi connectivity index (χ3v) is 5.57. The van der Waals surface area contributed by atoms with Gasteiger partial charge in [-0.15, -0.1) is 0 Å². The Morgan fingerprint density at radius 2 is 1.79 bits per heavy atom. The van der Waals surface area contributed by atoms with Crippen molar-refractivity contribution in [3.63, 3.8) is 0 Å². The van der Waals surface area contributed by atoms with Gasteiger partial charge in [0.15, 0.2) is 12.2 Å². The van der Waals surface area contributed by atoms with Crippen LogP contribution in [0.4, 0.5) is 17.1 Å². The zero-order valence-corrected chi connectivity index (χ0v) is 18.0. The second-order valence-corrected chi connectivity index (χ2v) is 7.73. The highest BCUT2D eigenvalue weighted by molar-refractivity contribution is 6.04. The van der Waals surface area contributed by atoms with Crippen LogP contribution in [-0.4, -0.2) is 67.9 Å². The summed E-state index contributed by atoms with van der Waals surface area (Å²) in [7, 11) is 0. The van der Waals surface area contributed by atoms with Gasteiger partial charge >= 0.3 is 0 Å². The zero-order valence-electron chi connectivity index (χ0n) is 18.0. The van der Waals surface area contributed by atoms with Crippen molar-refractivity contribution in [2.75, 3.05) is 48.0 Å². The number of aliphatic hydroxyl groups is 1. The van der Waals surface area contributed by atoms with Crippen LogP contribution in [0.15, 0.2) is 48.5 Å². The molecule has 0 bridgehead atoms. The van der Waals surface area contributed by atoms with Gasteiger partial charge in [-0.2, -0.15) is 0 Å². The molecule has 2 atom stereocenters. The predicted molar refractivity (Wildman–Crippen MR) is 121 cm³/mol. The number of carbonyl (C=O) groups is 3. The van der Waals surface area contributed by atoms with Crippen LogP contribution in [0.2, 0.25) is 0 Å². The summed E-state index contributed by atoms with van der Waals surface area (Å²) in [6, 6.07) is 13.9. The lowest BCUT2D eigenvalue weighted by atomic mass is 10.1. The maximum Gasteiger partial charge on any atom is 0.259 e. The Morgan fingerprint density at radius 3 is 2.48 bits per heavy atom. The summed E-state index contributed by atoms with van der Waals surface area (Å²) in [5.74, 6) is -1.44. The van der Waals surface area contributed by atoms with Crippen LogP contribution in [0.3, 0.4) is 0 Å². The molecule has 2 aromatic carbocycles. The van der Waals surface area contributed by atoms with E-state index in [1.54, 1.807) is 53.4 Å². The van der Waals surface area contributed by atoms with E-state index in [1.165, 1.54) is 4.90 Å². The molecule has 33 heavy (non-hydrogen) atoms. The Morgan fingerprint density at radius 1 is 1.09 bits per heavy atom. The number of morpholine rings is 2.